The summed E-state index contributed by atoms with van der Waals surface area (Å²) in [4.78, 5) is 43.2. The number of hydrogen-bond acceptors (Lipinski definition) is 5. The van der Waals surface area contributed by atoms with E-state index in [1.165, 1.54) is 18.2 Å². The standard InChI is InChI=1S/C25H27FN4O4/c1-3-34-25(33)23-22(18-10-17(26)7-8-19(18)27-23)28-24(32)14(2)29-11-15-9-16(13-29)20-5-4-6-21(31)30(20)12-15/h4-8,10,14-16,27H,3,9,11-13H2,1-2H3,(H,28,32)/t14-,15+,16-/m0/s1. The highest BCUT2D eigenvalue weighted by atomic mass is 19.1. The average Bonchev–Trinajstić information content (AvgIpc) is 3.17. The number of pyridine rings is 1. The van der Waals surface area contributed by atoms with E-state index in [-0.39, 0.29) is 41.3 Å². The van der Waals surface area contributed by atoms with E-state index in [0.717, 1.165) is 12.1 Å². The van der Waals surface area contributed by atoms with Gasteiger partial charge in [0.2, 0.25) is 5.91 Å². The van der Waals surface area contributed by atoms with Crippen LogP contribution in [0.3, 0.4) is 0 Å². The van der Waals surface area contributed by atoms with E-state index < -0.39 is 17.8 Å². The van der Waals surface area contributed by atoms with Crippen molar-refractivity contribution in [3.8, 4) is 0 Å². The van der Waals surface area contributed by atoms with Crippen LogP contribution in [0.15, 0.2) is 41.2 Å². The van der Waals surface area contributed by atoms with Crippen molar-refractivity contribution in [3.63, 3.8) is 0 Å². The number of piperidine rings is 1. The second-order valence-electron chi connectivity index (χ2n) is 9.10. The number of ether oxygens (including phenoxy) is 1. The molecule has 2 aliphatic heterocycles. The van der Waals surface area contributed by atoms with Crippen LogP contribution in [0.25, 0.3) is 10.9 Å². The molecule has 2 aliphatic rings. The Hall–Kier alpha value is -3.46. The molecule has 3 atom stereocenters. The Morgan fingerprint density at radius 3 is 2.85 bits per heavy atom. The number of likely N-dealkylation sites (tertiary alicyclic amines) is 1. The summed E-state index contributed by atoms with van der Waals surface area (Å²) in [5, 5.41) is 3.27. The normalized spacial score (nSPS) is 20.6. The SMILES string of the molecule is CCOC(=O)c1[nH]c2ccc(F)cc2c1NC(=O)[C@H](C)N1C[C@H]2C[C@@H](C1)c1cccc(=O)n1C2. The fourth-order valence-corrected chi connectivity index (χ4v) is 5.29. The summed E-state index contributed by atoms with van der Waals surface area (Å²) in [6, 6.07) is 8.98. The van der Waals surface area contributed by atoms with Crippen LogP contribution in [0.2, 0.25) is 0 Å². The molecule has 1 saturated heterocycles. The van der Waals surface area contributed by atoms with Crippen molar-refractivity contribution in [1.29, 1.82) is 0 Å². The molecule has 178 valence electrons. The fourth-order valence-electron chi connectivity index (χ4n) is 5.29. The van der Waals surface area contributed by atoms with E-state index in [9.17, 15) is 18.8 Å². The number of carbonyl (C=O) groups excluding carboxylic acids is 2. The molecule has 3 aromatic rings. The summed E-state index contributed by atoms with van der Waals surface area (Å²) in [6.45, 7) is 5.69. The third-order valence-corrected chi connectivity index (χ3v) is 6.92. The van der Waals surface area contributed by atoms with Crippen molar-refractivity contribution in [2.45, 2.75) is 38.8 Å². The van der Waals surface area contributed by atoms with Gasteiger partial charge in [0.05, 0.1) is 18.3 Å². The van der Waals surface area contributed by atoms with Gasteiger partial charge in [-0.3, -0.25) is 14.5 Å². The number of esters is 1. The molecule has 0 saturated carbocycles. The van der Waals surface area contributed by atoms with Crippen molar-refractivity contribution in [1.82, 2.24) is 14.5 Å². The lowest BCUT2D eigenvalue weighted by Crippen LogP contribution is -2.52. The number of hydrogen-bond donors (Lipinski definition) is 2. The topological polar surface area (TPSA) is 96.4 Å². The molecule has 0 spiro atoms. The van der Waals surface area contributed by atoms with Gasteiger partial charge in [-0.1, -0.05) is 6.07 Å². The van der Waals surface area contributed by atoms with Gasteiger partial charge in [-0.25, -0.2) is 9.18 Å². The molecule has 0 radical (unpaired) electrons. The second kappa shape index (κ2) is 8.72. The van der Waals surface area contributed by atoms with Gasteiger partial charge in [0.25, 0.3) is 5.56 Å². The Labute approximate surface area is 195 Å². The van der Waals surface area contributed by atoms with Crippen molar-refractivity contribution < 1.29 is 18.7 Å². The van der Waals surface area contributed by atoms with E-state index in [1.54, 1.807) is 19.1 Å². The van der Waals surface area contributed by atoms with Crippen molar-refractivity contribution in [2.75, 3.05) is 25.0 Å². The zero-order chi connectivity index (χ0) is 24.0. The lowest BCUT2D eigenvalue weighted by Gasteiger charge is -2.44. The van der Waals surface area contributed by atoms with Crippen LogP contribution < -0.4 is 10.9 Å². The third kappa shape index (κ3) is 3.90. The maximum absolute atomic E-state index is 14.0. The largest absolute Gasteiger partial charge is 0.461 e. The van der Waals surface area contributed by atoms with Gasteiger partial charge in [-0.15, -0.1) is 0 Å². The Balaban J connectivity index is 1.40. The van der Waals surface area contributed by atoms with Gasteiger partial charge in [0.1, 0.15) is 11.5 Å². The number of aromatic amines is 1. The highest BCUT2D eigenvalue weighted by Crippen LogP contribution is 2.36. The highest BCUT2D eigenvalue weighted by molar-refractivity contribution is 6.11. The first-order chi connectivity index (χ1) is 16.4. The highest BCUT2D eigenvalue weighted by Gasteiger charge is 2.37. The lowest BCUT2D eigenvalue weighted by atomic mass is 9.82. The molecule has 9 heteroatoms. The van der Waals surface area contributed by atoms with Crippen LogP contribution in [0.4, 0.5) is 10.1 Å². The number of amides is 1. The molecule has 2 N–H and O–H groups in total. The number of carbonyl (C=O) groups is 2. The van der Waals surface area contributed by atoms with Crippen LogP contribution in [-0.4, -0.2) is 52.1 Å². The van der Waals surface area contributed by atoms with Gasteiger partial charge in [0.15, 0.2) is 0 Å². The monoisotopic (exact) mass is 466 g/mol. The maximum atomic E-state index is 14.0. The zero-order valence-electron chi connectivity index (χ0n) is 19.1. The van der Waals surface area contributed by atoms with Gasteiger partial charge in [-0.2, -0.15) is 0 Å². The summed E-state index contributed by atoms with van der Waals surface area (Å²) in [7, 11) is 0. The van der Waals surface area contributed by atoms with Gasteiger partial charge < -0.3 is 19.6 Å². The molecule has 1 fully saturated rings. The minimum Gasteiger partial charge on any atom is -0.461 e. The Bertz CT molecular complexity index is 1330. The molecule has 5 rings (SSSR count). The number of halogens is 1. The molecule has 1 amide bonds. The van der Waals surface area contributed by atoms with E-state index >= 15 is 0 Å². The molecule has 34 heavy (non-hydrogen) atoms. The fraction of sp³-hybridized carbons (Fsp3) is 0.400. The minimum absolute atomic E-state index is 0.0181. The molecule has 1 aromatic carbocycles. The van der Waals surface area contributed by atoms with Crippen LogP contribution in [0.5, 0.6) is 0 Å². The summed E-state index contributed by atoms with van der Waals surface area (Å²) in [5.41, 5.74) is 1.87. The molecule has 2 bridgehead atoms. The van der Waals surface area contributed by atoms with Crippen LogP contribution in [0, 0.1) is 11.7 Å². The first kappa shape index (κ1) is 22.3. The van der Waals surface area contributed by atoms with Crippen molar-refractivity contribution in [2.24, 2.45) is 5.92 Å². The number of benzene rings is 1. The first-order valence-electron chi connectivity index (χ1n) is 11.6. The van der Waals surface area contributed by atoms with Gasteiger partial charge in [-0.05, 0) is 50.5 Å². The van der Waals surface area contributed by atoms with Crippen LogP contribution >= 0.6 is 0 Å². The molecule has 0 unspecified atom stereocenters. The zero-order valence-corrected chi connectivity index (χ0v) is 19.1. The first-order valence-corrected chi connectivity index (χ1v) is 11.6. The van der Waals surface area contributed by atoms with Gasteiger partial charge >= 0.3 is 5.97 Å². The number of nitrogens with one attached hydrogen (secondary N) is 2. The summed E-state index contributed by atoms with van der Waals surface area (Å²) in [6.07, 6.45) is 0.989. The average molecular weight is 467 g/mol. The quantitative estimate of drug-likeness (QED) is 0.564. The Morgan fingerprint density at radius 2 is 2.06 bits per heavy atom. The van der Waals surface area contributed by atoms with E-state index in [0.29, 0.717) is 30.5 Å². The van der Waals surface area contributed by atoms with E-state index in [2.05, 4.69) is 15.2 Å². The van der Waals surface area contributed by atoms with Crippen LogP contribution in [0.1, 0.15) is 42.4 Å². The third-order valence-electron chi connectivity index (χ3n) is 6.92. The Morgan fingerprint density at radius 1 is 1.24 bits per heavy atom. The minimum atomic E-state index is -0.614. The smallest absolute Gasteiger partial charge is 0.356 e. The lowest BCUT2D eigenvalue weighted by molar-refractivity contribution is -0.121. The van der Waals surface area contributed by atoms with Crippen molar-refractivity contribution >= 4 is 28.5 Å². The number of anilines is 1. The molecule has 4 heterocycles. The molecule has 0 aliphatic carbocycles. The number of H-pyrrole nitrogens is 1. The van der Waals surface area contributed by atoms with E-state index in [4.69, 9.17) is 4.74 Å². The molecule has 8 nitrogen and oxygen atoms in total. The predicted octanol–water partition coefficient (Wildman–Crippen LogP) is 3.09. The Kier molecular flexibility index (Phi) is 5.73. The number of nitrogens with zero attached hydrogens (tertiary/aromatic N) is 2. The molecular weight excluding hydrogens is 439 g/mol. The predicted molar refractivity (Wildman–Crippen MR) is 125 cm³/mol. The summed E-state index contributed by atoms with van der Waals surface area (Å²) >= 11 is 0. The number of rotatable bonds is 5. The molecule has 2 aromatic heterocycles. The number of fused-ring (bicyclic) bond motifs is 5. The second-order valence-corrected chi connectivity index (χ2v) is 9.10. The number of aromatic nitrogens is 2. The summed E-state index contributed by atoms with van der Waals surface area (Å²) < 4.78 is 20.9. The summed E-state index contributed by atoms with van der Waals surface area (Å²) in [5.74, 6) is -0.922. The van der Waals surface area contributed by atoms with Gasteiger partial charge in [0, 0.05) is 48.2 Å². The van der Waals surface area contributed by atoms with E-state index in [1.807, 2.05) is 17.6 Å². The molecular formula is C25H27FN4O4. The van der Waals surface area contributed by atoms with Crippen LogP contribution in [-0.2, 0) is 16.1 Å². The van der Waals surface area contributed by atoms with Crippen molar-refractivity contribution in [3.05, 3.63) is 64.0 Å². The maximum Gasteiger partial charge on any atom is 0.356 e.